The van der Waals surface area contributed by atoms with Crippen LogP contribution in [0.4, 0.5) is 0 Å². The lowest BCUT2D eigenvalue weighted by atomic mass is 9.85. The Morgan fingerprint density at radius 3 is 2.61 bits per heavy atom. The summed E-state index contributed by atoms with van der Waals surface area (Å²) in [6, 6.07) is 11.6. The summed E-state index contributed by atoms with van der Waals surface area (Å²) in [4.78, 5) is 27.5. The van der Waals surface area contributed by atoms with E-state index in [1.54, 1.807) is 4.90 Å². The van der Waals surface area contributed by atoms with Crippen LogP contribution >= 0.6 is 0 Å². The molecule has 2 fully saturated rings. The fourth-order valence-electron chi connectivity index (χ4n) is 4.73. The van der Waals surface area contributed by atoms with Gasteiger partial charge in [-0.3, -0.25) is 9.59 Å². The molecule has 0 spiro atoms. The minimum atomic E-state index is -1.01. The van der Waals surface area contributed by atoms with Crippen molar-refractivity contribution in [1.82, 2.24) is 10.1 Å². The molecular formula is C22H27N3O3. The molecule has 148 valence electrons. The van der Waals surface area contributed by atoms with Gasteiger partial charge in [0, 0.05) is 30.5 Å². The van der Waals surface area contributed by atoms with Gasteiger partial charge in [0.25, 0.3) is 0 Å². The summed E-state index contributed by atoms with van der Waals surface area (Å²) in [5.41, 5.74) is 6.52. The number of carbonyl (C=O) groups is 2. The van der Waals surface area contributed by atoms with Gasteiger partial charge in [-0.25, -0.2) is 0 Å². The van der Waals surface area contributed by atoms with Crippen molar-refractivity contribution in [3.05, 3.63) is 42.2 Å². The second-order valence-corrected chi connectivity index (χ2v) is 8.05. The van der Waals surface area contributed by atoms with Crippen molar-refractivity contribution in [2.45, 2.75) is 56.9 Å². The van der Waals surface area contributed by atoms with Gasteiger partial charge in [0.15, 0.2) is 0 Å². The Morgan fingerprint density at radius 1 is 1.14 bits per heavy atom. The Balaban J connectivity index is 1.58. The average Bonchev–Trinajstić information content (AvgIpc) is 3.37. The summed E-state index contributed by atoms with van der Waals surface area (Å²) < 4.78 is 5.53. The van der Waals surface area contributed by atoms with E-state index in [2.05, 4.69) is 5.16 Å². The molecule has 4 rings (SSSR count). The number of benzene rings is 1. The van der Waals surface area contributed by atoms with E-state index in [1.165, 1.54) is 6.42 Å². The molecule has 1 aromatic heterocycles. The van der Waals surface area contributed by atoms with Crippen LogP contribution in [0.2, 0.25) is 0 Å². The third-order valence-corrected chi connectivity index (χ3v) is 6.26. The van der Waals surface area contributed by atoms with Crippen LogP contribution in [-0.2, 0) is 16.0 Å². The van der Waals surface area contributed by atoms with Gasteiger partial charge < -0.3 is 15.2 Å². The normalized spacial score (nSPS) is 23.1. The largest absolute Gasteiger partial charge is 0.368 e. The van der Waals surface area contributed by atoms with Gasteiger partial charge in [0.2, 0.25) is 11.8 Å². The fraction of sp³-hybridized carbons (Fsp3) is 0.500. The van der Waals surface area contributed by atoms with Crippen molar-refractivity contribution in [2.75, 3.05) is 6.54 Å². The zero-order chi connectivity index (χ0) is 19.6. The van der Waals surface area contributed by atoms with Gasteiger partial charge in [-0.15, -0.1) is 0 Å². The lowest BCUT2D eigenvalue weighted by Gasteiger charge is -2.38. The van der Waals surface area contributed by atoms with E-state index in [0.717, 1.165) is 43.4 Å². The molecule has 6 heteroatoms. The number of carbonyl (C=O) groups excluding carboxylic acids is 2. The molecule has 0 unspecified atom stereocenters. The summed E-state index contributed by atoms with van der Waals surface area (Å²) >= 11 is 0. The Morgan fingerprint density at radius 2 is 1.89 bits per heavy atom. The highest BCUT2D eigenvalue weighted by molar-refractivity contribution is 5.92. The van der Waals surface area contributed by atoms with E-state index in [-0.39, 0.29) is 18.2 Å². The number of likely N-dealkylation sites (tertiary alicyclic amines) is 1. The van der Waals surface area contributed by atoms with Crippen LogP contribution in [0.15, 0.2) is 40.9 Å². The summed E-state index contributed by atoms with van der Waals surface area (Å²) in [6.07, 6.45) is 6.79. The van der Waals surface area contributed by atoms with Gasteiger partial charge in [-0.1, -0.05) is 54.8 Å². The number of hydrogen-bond donors (Lipinski definition) is 1. The molecule has 1 aromatic carbocycles. The van der Waals surface area contributed by atoms with Crippen molar-refractivity contribution in [1.29, 1.82) is 0 Å². The molecule has 2 aliphatic rings. The topological polar surface area (TPSA) is 89.4 Å². The first kappa shape index (κ1) is 18.7. The zero-order valence-corrected chi connectivity index (χ0v) is 16.1. The van der Waals surface area contributed by atoms with E-state index in [0.29, 0.717) is 18.7 Å². The second-order valence-electron chi connectivity index (χ2n) is 8.05. The summed E-state index contributed by atoms with van der Waals surface area (Å²) in [5.74, 6) is 0.229. The monoisotopic (exact) mass is 381 g/mol. The molecule has 0 bridgehead atoms. The van der Waals surface area contributed by atoms with E-state index in [4.69, 9.17) is 10.3 Å². The van der Waals surface area contributed by atoms with Crippen LogP contribution in [0.5, 0.6) is 0 Å². The maximum absolute atomic E-state index is 13.2. The first-order valence-electron chi connectivity index (χ1n) is 10.2. The quantitative estimate of drug-likeness (QED) is 0.860. The van der Waals surface area contributed by atoms with E-state index in [1.807, 2.05) is 36.4 Å². The Kier molecular flexibility index (Phi) is 5.20. The molecule has 1 atom stereocenters. The molecule has 6 nitrogen and oxygen atoms in total. The third kappa shape index (κ3) is 3.43. The van der Waals surface area contributed by atoms with Crippen molar-refractivity contribution in [3.63, 3.8) is 0 Å². The van der Waals surface area contributed by atoms with Crippen LogP contribution in [0, 0.1) is 5.92 Å². The van der Waals surface area contributed by atoms with Crippen LogP contribution in [0.3, 0.4) is 0 Å². The molecule has 1 saturated heterocycles. The number of hydrogen-bond acceptors (Lipinski definition) is 4. The number of aromatic nitrogens is 1. The first-order valence-corrected chi connectivity index (χ1v) is 10.2. The van der Waals surface area contributed by atoms with Gasteiger partial charge in [0.05, 0.1) is 0 Å². The van der Waals surface area contributed by atoms with Crippen LogP contribution < -0.4 is 5.73 Å². The molecule has 1 aliphatic carbocycles. The predicted octanol–water partition coefficient (Wildman–Crippen LogP) is 3.31. The standard InChI is InChI=1S/C22H27N3O3/c23-21(27)22(12-7-13-25(22)20(26)17-10-5-2-6-11-17)15-18-14-19(24-28-18)16-8-3-1-4-9-16/h1,3-4,8-9,14,17H,2,5-7,10-13,15H2,(H2,23,27)/t22-/m0/s1. The third-order valence-electron chi connectivity index (χ3n) is 6.26. The van der Waals surface area contributed by atoms with Crippen molar-refractivity contribution < 1.29 is 14.1 Å². The fourth-order valence-corrected chi connectivity index (χ4v) is 4.73. The highest BCUT2D eigenvalue weighted by Crippen LogP contribution is 2.37. The first-order chi connectivity index (χ1) is 13.6. The van der Waals surface area contributed by atoms with Crippen molar-refractivity contribution in [3.8, 4) is 11.3 Å². The number of primary amides is 1. The Bertz CT molecular complexity index is 842. The molecule has 1 saturated carbocycles. The Hall–Kier alpha value is -2.63. The van der Waals surface area contributed by atoms with Gasteiger partial charge in [-0.05, 0) is 25.7 Å². The van der Waals surface area contributed by atoms with Gasteiger partial charge in [-0.2, -0.15) is 0 Å². The lowest BCUT2D eigenvalue weighted by molar-refractivity contribution is -0.147. The molecule has 28 heavy (non-hydrogen) atoms. The highest BCUT2D eigenvalue weighted by atomic mass is 16.5. The summed E-state index contributed by atoms with van der Waals surface area (Å²) in [5, 5.41) is 4.15. The Labute approximate surface area is 165 Å². The smallest absolute Gasteiger partial charge is 0.243 e. The molecular weight excluding hydrogens is 354 g/mol. The summed E-state index contributed by atoms with van der Waals surface area (Å²) in [6.45, 7) is 0.581. The van der Waals surface area contributed by atoms with Gasteiger partial charge >= 0.3 is 0 Å². The average molecular weight is 381 g/mol. The van der Waals surface area contributed by atoms with Gasteiger partial charge in [0.1, 0.15) is 17.0 Å². The van der Waals surface area contributed by atoms with Crippen LogP contribution in [-0.4, -0.2) is 34.0 Å². The maximum atomic E-state index is 13.2. The number of amides is 2. The minimum absolute atomic E-state index is 0.0141. The number of nitrogens with zero attached hydrogens (tertiary/aromatic N) is 2. The minimum Gasteiger partial charge on any atom is -0.368 e. The number of nitrogens with two attached hydrogens (primary N) is 1. The van der Waals surface area contributed by atoms with Crippen LogP contribution in [0.25, 0.3) is 11.3 Å². The zero-order valence-electron chi connectivity index (χ0n) is 16.1. The lowest BCUT2D eigenvalue weighted by Crippen LogP contribution is -2.58. The predicted molar refractivity (Wildman–Crippen MR) is 105 cm³/mol. The summed E-state index contributed by atoms with van der Waals surface area (Å²) in [7, 11) is 0. The maximum Gasteiger partial charge on any atom is 0.243 e. The van der Waals surface area contributed by atoms with E-state index < -0.39 is 11.4 Å². The second kappa shape index (κ2) is 7.78. The number of rotatable bonds is 5. The molecule has 2 heterocycles. The molecule has 2 aromatic rings. The molecule has 2 N–H and O–H groups in total. The van der Waals surface area contributed by atoms with Crippen LogP contribution in [0.1, 0.15) is 50.7 Å². The molecule has 2 amide bonds. The van der Waals surface area contributed by atoms with Crippen molar-refractivity contribution >= 4 is 11.8 Å². The highest BCUT2D eigenvalue weighted by Gasteiger charge is 2.50. The molecule has 1 aliphatic heterocycles. The van der Waals surface area contributed by atoms with E-state index >= 15 is 0 Å². The van der Waals surface area contributed by atoms with E-state index in [9.17, 15) is 9.59 Å². The molecule has 0 radical (unpaired) electrons. The SMILES string of the molecule is NC(=O)[C@@]1(Cc2cc(-c3ccccc3)no2)CCCN1C(=O)C1CCCCC1. The van der Waals surface area contributed by atoms with Crippen molar-refractivity contribution in [2.24, 2.45) is 11.7 Å².